The highest BCUT2D eigenvalue weighted by Gasteiger charge is 2.58. The summed E-state index contributed by atoms with van der Waals surface area (Å²) in [6.07, 6.45) is 12.0. The van der Waals surface area contributed by atoms with E-state index in [0.29, 0.717) is 0 Å². The lowest BCUT2D eigenvalue weighted by Gasteiger charge is -2.64. The summed E-state index contributed by atoms with van der Waals surface area (Å²) in [6, 6.07) is 0. The Morgan fingerprint density at radius 2 is 1.88 bits per heavy atom. The molecule has 0 spiro atoms. The zero-order valence-electron chi connectivity index (χ0n) is 11.8. The molecule has 0 saturated heterocycles. The minimum absolute atomic E-state index is 0.719. The van der Waals surface area contributed by atoms with Gasteiger partial charge in [-0.25, -0.2) is 0 Å². The van der Waals surface area contributed by atoms with Crippen molar-refractivity contribution in [2.24, 2.45) is 22.7 Å². The molecule has 0 N–H and O–H groups in total. The van der Waals surface area contributed by atoms with E-state index < -0.39 is 0 Å². The normalized spacial score (nSPS) is 44.4. The molecule has 2 rings (SSSR count). The second-order valence-corrected chi connectivity index (χ2v) is 7.00. The molecule has 0 radical (unpaired) electrons. The number of fused-ring (bicyclic) bond motifs is 1. The summed E-state index contributed by atoms with van der Waals surface area (Å²) in [5, 5.41) is 0. The molecular weight excluding hydrogens is 192 g/mol. The quantitative estimate of drug-likeness (QED) is 0.585. The van der Waals surface area contributed by atoms with Gasteiger partial charge in [0.1, 0.15) is 0 Å². The van der Waals surface area contributed by atoms with Crippen molar-refractivity contribution < 1.29 is 0 Å². The van der Waals surface area contributed by atoms with Gasteiger partial charge in [-0.05, 0) is 54.8 Å². The van der Waals surface area contributed by atoms with Gasteiger partial charge < -0.3 is 0 Å². The maximum absolute atomic E-state index is 2.49. The Morgan fingerprint density at radius 3 is 2.38 bits per heavy atom. The van der Waals surface area contributed by atoms with E-state index >= 15 is 0 Å². The molecule has 0 heteroatoms. The van der Waals surface area contributed by atoms with Gasteiger partial charge in [-0.3, -0.25) is 0 Å². The SMILES string of the molecule is CCC12CCC1(C(C)C)CCCCC(C)C2. The molecule has 0 aromatic heterocycles. The average molecular weight is 222 g/mol. The molecule has 0 aromatic carbocycles. The zero-order chi connectivity index (χ0) is 11.8. The van der Waals surface area contributed by atoms with Crippen molar-refractivity contribution in [3.8, 4) is 0 Å². The van der Waals surface area contributed by atoms with Crippen LogP contribution < -0.4 is 0 Å². The first-order valence-corrected chi connectivity index (χ1v) is 7.56. The van der Waals surface area contributed by atoms with Crippen LogP contribution >= 0.6 is 0 Å². The Labute approximate surface area is 102 Å². The molecular formula is C16H30. The summed E-state index contributed by atoms with van der Waals surface area (Å²) in [5.41, 5.74) is 1.44. The third kappa shape index (κ3) is 1.64. The second kappa shape index (κ2) is 4.35. The average Bonchev–Trinajstić information content (AvgIpc) is 2.22. The van der Waals surface area contributed by atoms with Crippen LogP contribution in [0, 0.1) is 22.7 Å². The van der Waals surface area contributed by atoms with Crippen molar-refractivity contribution in [1.29, 1.82) is 0 Å². The Hall–Kier alpha value is 0. The fraction of sp³-hybridized carbons (Fsp3) is 1.00. The zero-order valence-corrected chi connectivity index (χ0v) is 11.8. The maximum Gasteiger partial charge on any atom is -0.0218 e. The van der Waals surface area contributed by atoms with Crippen LogP contribution in [0.4, 0.5) is 0 Å². The maximum atomic E-state index is 2.49. The molecule has 94 valence electrons. The first kappa shape index (κ1) is 12.5. The first-order chi connectivity index (χ1) is 7.56. The van der Waals surface area contributed by atoms with Crippen LogP contribution in [0.3, 0.4) is 0 Å². The van der Waals surface area contributed by atoms with E-state index in [9.17, 15) is 0 Å². The van der Waals surface area contributed by atoms with Crippen LogP contribution in [0.15, 0.2) is 0 Å². The highest BCUT2D eigenvalue weighted by Crippen LogP contribution is 2.68. The van der Waals surface area contributed by atoms with Crippen molar-refractivity contribution >= 4 is 0 Å². The van der Waals surface area contributed by atoms with Crippen LogP contribution in [0.5, 0.6) is 0 Å². The summed E-state index contributed by atoms with van der Waals surface area (Å²) < 4.78 is 0. The third-order valence-corrected chi connectivity index (χ3v) is 6.20. The molecule has 0 aliphatic heterocycles. The summed E-state index contributed by atoms with van der Waals surface area (Å²) in [6.45, 7) is 9.91. The van der Waals surface area contributed by atoms with E-state index in [2.05, 4.69) is 27.7 Å². The number of rotatable bonds is 2. The van der Waals surface area contributed by atoms with Crippen LogP contribution in [0.2, 0.25) is 0 Å². The van der Waals surface area contributed by atoms with Crippen molar-refractivity contribution in [3.63, 3.8) is 0 Å². The van der Waals surface area contributed by atoms with E-state index in [0.717, 1.165) is 22.7 Å². The van der Waals surface area contributed by atoms with Crippen molar-refractivity contribution in [2.75, 3.05) is 0 Å². The molecule has 2 fully saturated rings. The highest BCUT2D eigenvalue weighted by molar-refractivity contribution is 5.08. The van der Waals surface area contributed by atoms with Crippen molar-refractivity contribution in [1.82, 2.24) is 0 Å². The number of hydrogen-bond acceptors (Lipinski definition) is 0. The van der Waals surface area contributed by atoms with Gasteiger partial charge >= 0.3 is 0 Å². The van der Waals surface area contributed by atoms with Crippen LogP contribution in [-0.4, -0.2) is 0 Å². The molecule has 2 aliphatic rings. The smallest absolute Gasteiger partial charge is 0.0218 e. The highest BCUT2D eigenvalue weighted by atomic mass is 14.6. The van der Waals surface area contributed by atoms with Gasteiger partial charge in [-0.1, -0.05) is 47.0 Å². The molecule has 2 saturated carbocycles. The molecule has 3 atom stereocenters. The topological polar surface area (TPSA) is 0 Å². The molecule has 0 aromatic rings. The Kier molecular flexibility index (Phi) is 3.39. The van der Waals surface area contributed by atoms with E-state index in [4.69, 9.17) is 0 Å². The van der Waals surface area contributed by atoms with Gasteiger partial charge in [0.05, 0.1) is 0 Å². The third-order valence-electron chi connectivity index (χ3n) is 6.20. The lowest BCUT2D eigenvalue weighted by atomic mass is 9.40. The molecule has 0 bridgehead atoms. The minimum atomic E-state index is 0.719. The fourth-order valence-electron chi connectivity index (χ4n) is 5.06. The lowest BCUT2D eigenvalue weighted by Crippen LogP contribution is -2.55. The van der Waals surface area contributed by atoms with Gasteiger partial charge in [0.15, 0.2) is 0 Å². The Bertz CT molecular complexity index is 238. The van der Waals surface area contributed by atoms with E-state index in [1.165, 1.54) is 51.4 Å². The molecule has 16 heavy (non-hydrogen) atoms. The largest absolute Gasteiger partial charge is 0.0648 e. The van der Waals surface area contributed by atoms with Gasteiger partial charge in [-0.15, -0.1) is 0 Å². The van der Waals surface area contributed by atoms with Crippen molar-refractivity contribution in [3.05, 3.63) is 0 Å². The van der Waals surface area contributed by atoms with Crippen LogP contribution in [-0.2, 0) is 0 Å². The van der Waals surface area contributed by atoms with E-state index in [-0.39, 0.29) is 0 Å². The molecule has 2 aliphatic carbocycles. The predicted octanol–water partition coefficient (Wildman–Crippen LogP) is 5.42. The molecule has 0 nitrogen and oxygen atoms in total. The van der Waals surface area contributed by atoms with Crippen molar-refractivity contribution in [2.45, 2.75) is 79.1 Å². The monoisotopic (exact) mass is 222 g/mol. The summed E-state index contributed by atoms with van der Waals surface area (Å²) in [7, 11) is 0. The van der Waals surface area contributed by atoms with E-state index in [1.807, 2.05) is 0 Å². The van der Waals surface area contributed by atoms with Crippen LogP contribution in [0.1, 0.15) is 79.1 Å². The van der Waals surface area contributed by atoms with Gasteiger partial charge in [0.25, 0.3) is 0 Å². The predicted molar refractivity (Wildman–Crippen MR) is 71.5 cm³/mol. The van der Waals surface area contributed by atoms with E-state index in [1.54, 1.807) is 0 Å². The summed E-state index contributed by atoms with van der Waals surface area (Å²) in [5.74, 6) is 1.87. The number of hydrogen-bond donors (Lipinski definition) is 0. The minimum Gasteiger partial charge on any atom is -0.0648 e. The van der Waals surface area contributed by atoms with Gasteiger partial charge in [-0.2, -0.15) is 0 Å². The summed E-state index contributed by atoms with van der Waals surface area (Å²) in [4.78, 5) is 0. The molecule has 0 amide bonds. The first-order valence-electron chi connectivity index (χ1n) is 7.56. The Balaban J connectivity index is 2.25. The second-order valence-electron chi connectivity index (χ2n) is 7.00. The van der Waals surface area contributed by atoms with Gasteiger partial charge in [0.2, 0.25) is 0 Å². The summed E-state index contributed by atoms with van der Waals surface area (Å²) >= 11 is 0. The standard InChI is InChI=1S/C16H30/c1-5-15-10-11-16(15,13(2)3)9-7-6-8-14(4)12-15/h13-14H,5-12H2,1-4H3. The lowest BCUT2D eigenvalue weighted by molar-refractivity contribution is -0.145. The van der Waals surface area contributed by atoms with Crippen LogP contribution in [0.25, 0.3) is 0 Å². The molecule has 0 heterocycles. The Morgan fingerprint density at radius 1 is 1.12 bits per heavy atom. The fourth-order valence-corrected chi connectivity index (χ4v) is 5.06. The van der Waals surface area contributed by atoms with Gasteiger partial charge in [0, 0.05) is 0 Å². The molecule has 3 unspecified atom stereocenters.